The van der Waals surface area contributed by atoms with Crippen LogP contribution in [-0.2, 0) is 0 Å². The molecule has 0 radical (unpaired) electrons. The predicted molar refractivity (Wildman–Crippen MR) is 84.1 cm³/mol. The standard InChI is InChI=1S/C14H22BrN5/c1-9(2)12-11(15)14(16-3)18-13(17-12)10-8-19-4-6-20(10)7-5-19/h9-10H,4-8H2,1-3H3,(H,16,17,18). The Morgan fingerprint density at radius 1 is 1.20 bits per heavy atom. The van der Waals surface area contributed by atoms with Crippen LogP contribution in [0.2, 0.25) is 0 Å². The Bertz CT molecular complexity index is 497. The second kappa shape index (κ2) is 5.58. The molecule has 4 heterocycles. The van der Waals surface area contributed by atoms with Gasteiger partial charge in [0.05, 0.1) is 16.2 Å². The molecule has 110 valence electrons. The summed E-state index contributed by atoms with van der Waals surface area (Å²) in [5.41, 5.74) is 1.09. The Balaban J connectivity index is 1.99. The first-order valence-corrected chi connectivity index (χ1v) is 8.11. The van der Waals surface area contributed by atoms with E-state index in [1.54, 1.807) is 0 Å². The van der Waals surface area contributed by atoms with Gasteiger partial charge in [-0.3, -0.25) is 9.80 Å². The molecule has 1 atom stereocenters. The maximum atomic E-state index is 4.86. The molecule has 3 aliphatic rings. The maximum Gasteiger partial charge on any atom is 0.149 e. The lowest BCUT2D eigenvalue weighted by atomic mass is 10.1. The van der Waals surface area contributed by atoms with Gasteiger partial charge in [-0.1, -0.05) is 13.8 Å². The van der Waals surface area contributed by atoms with E-state index in [9.17, 15) is 0 Å². The molecule has 6 heteroatoms. The summed E-state index contributed by atoms with van der Waals surface area (Å²) in [6.45, 7) is 10.0. The lowest BCUT2D eigenvalue weighted by Gasteiger charge is -2.46. The summed E-state index contributed by atoms with van der Waals surface area (Å²) in [4.78, 5) is 14.6. The molecule has 2 bridgehead atoms. The highest BCUT2D eigenvalue weighted by Crippen LogP contribution is 2.33. The highest BCUT2D eigenvalue weighted by Gasteiger charge is 2.35. The quantitative estimate of drug-likeness (QED) is 0.913. The number of anilines is 1. The number of hydrogen-bond donors (Lipinski definition) is 1. The van der Waals surface area contributed by atoms with Crippen LogP contribution in [0.15, 0.2) is 4.47 Å². The summed E-state index contributed by atoms with van der Waals surface area (Å²) in [5, 5.41) is 3.18. The van der Waals surface area contributed by atoms with Crippen LogP contribution in [-0.4, -0.2) is 59.5 Å². The second-order valence-corrected chi connectivity index (χ2v) is 6.68. The van der Waals surface area contributed by atoms with Crippen molar-refractivity contribution in [1.29, 1.82) is 0 Å². The molecular weight excluding hydrogens is 318 g/mol. The summed E-state index contributed by atoms with van der Waals surface area (Å²) in [7, 11) is 1.91. The van der Waals surface area contributed by atoms with Crippen molar-refractivity contribution in [2.45, 2.75) is 25.8 Å². The molecular formula is C14H22BrN5. The maximum absolute atomic E-state index is 4.86. The topological polar surface area (TPSA) is 44.3 Å². The molecule has 0 amide bonds. The molecule has 1 aromatic heterocycles. The monoisotopic (exact) mass is 339 g/mol. The van der Waals surface area contributed by atoms with Gasteiger partial charge in [-0.25, -0.2) is 9.97 Å². The van der Waals surface area contributed by atoms with Crippen molar-refractivity contribution < 1.29 is 0 Å². The van der Waals surface area contributed by atoms with Crippen molar-refractivity contribution >= 4 is 21.7 Å². The van der Waals surface area contributed by atoms with E-state index in [4.69, 9.17) is 9.97 Å². The Morgan fingerprint density at radius 3 is 2.40 bits per heavy atom. The smallest absolute Gasteiger partial charge is 0.149 e. The lowest BCUT2D eigenvalue weighted by Crippen LogP contribution is -2.57. The summed E-state index contributed by atoms with van der Waals surface area (Å²) in [6, 6.07) is 0.343. The van der Waals surface area contributed by atoms with E-state index in [1.807, 2.05) is 7.05 Å². The Labute approximate surface area is 128 Å². The van der Waals surface area contributed by atoms with Crippen LogP contribution < -0.4 is 5.32 Å². The van der Waals surface area contributed by atoms with Crippen molar-refractivity contribution in [2.75, 3.05) is 45.1 Å². The fourth-order valence-electron chi connectivity index (χ4n) is 3.04. The molecule has 1 aromatic rings. The number of hydrogen-bond acceptors (Lipinski definition) is 5. The average Bonchev–Trinajstić information content (AvgIpc) is 2.48. The molecule has 4 rings (SSSR count). The fraction of sp³-hybridized carbons (Fsp3) is 0.714. The van der Waals surface area contributed by atoms with Crippen molar-refractivity contribution in [2.24, 2.45) is 0 Å². The molecule has 0 aliphatic carbocycles. The molecule has 20 heavy (non-hydrogen) atoms. The van der Waals surface area contributed by atoms with Crippen LogP contribution in [0.5, 0.6) is 0 Å². The SMILES string of the molecule is CNc1nc(C2CN3CCN2CC3)nc(C(C)C)c1Br. The predicted octanol–water partition coefficient (Wildman–Crippen LogP) is 2.08. The Morgan fingerprint density at radius 2 is 1.90 bits per heavy atom. The highest BCUT2D eigenvalue weighted by molar-refractivity contribution is 9.10. The van der Waals surface area contributed by atoms with Gasteiger partial charge in [0.15, 0.2) is 0 Å². The van der Waals surface area contributed by atoms with Gasteiger partial charge in [-0.2, -0.15) is 0 Å². The second-order valence-electron chi connectivity index (χ2n) is 5.89. The van der Waals surface area contributed by atoms with Crippen LogP contribution in [0.25, 0.3) is 0 Å². The van der Waals surface area contributed by atoms with Crippen molar-refractivity contribution in [3.05, 3.63) is 16.0 Å². The van der Waals surface area contributed by atoms with Crippen LogP contribution in [0, 0.1) is 0 Å². The molecule has 0 aromatic carbocycles. The normalized spacial score (nSPS) is 28.9. The van der Waals surface area contributed by atoms with Gasteiger partial charge < -0.3 is 5.32 Å². The Kier molecular flexibility index (Phi) is 3.97. The van der Waals surface area contributed by atoms with Crippen LogP contribution >= 0.6 is 15.9 Å². The number of rotatable bonds is 3. The number of aromatic nitrogens is 2. The van der Waals surface area contributed by atoms with Crippen LogP contribution in [0.1, 0.15) is 37.3 Å². The fourth-order valence-corrected chi connectivity index (χ4v) is 3.88. The van der Waals surface area contributed by atoms with E-state index in [0.717, 1.165) is 41.4 Å². The summed E-state index contributed by atoms with van der Waals surface area (Å²) < 4.78 is 0.995. The first kappa shape index (κ1) is 14.2. The average molecular weight is 340 g/mol. The zero-order valence-electron chi connectivity index (χ0n) is 12.4. The van der Waals surface area contributed by atoms with Gasteiger partial charge in [0, 0.05) is 39.8 Å². The molecule has 3 fully saturated rings. The van der Waals surface area contributed by atoms with Crippen molar-refractivity contribution in [3.8, 4) is 0 Å². The molecule has 5 nitrogen and oxygen atoms in total. The minimum Gasteiger partial charge on any atom is -0.372 e. The molecule has 1 unspecified atom stereocenters. The van der Waals surface area contributed by atoms with E-state index < -0.39 is 0 Å². The summed E-state index contributed by atoms with van der Waals surface area (Å²) >= 11 is 3.63. The van der Waals surface area contributed by atoms with E-state index in [2.05, 4.69) is 44.9 Å². The number of nitrogens with zero attached hydrogens (tertiary/aromatic N) is 4. The Hall–Kier alpha value is -0.720. The molecule has 3 aliphatic heterocycles. The van der Waals surface area contributed by atoms with Gasteiger partial charge in [0.1, 0.15) is 11.6 Å². The first-order chi connectivity index (χ1) is 9.60. The van der Waals surface area contributed by atoms with Gasteiger partial charge >= 0.3 is 0 Å². The molecule has 3 saturated heterocycles. The van der Waals surface area contributed by atoms with Gasteiger partial charge in [0.2, 0.25) is 0 Å². The van der Waals surface area contributed by atoms with Crippen molar-refractivity contribution in [1.82, 2.24) is 19.8 Å². The zero-order valence-corrected chi connectivity index (χ0v) is 13.9. The van der Waals surface area contributed by atoms with Gasteiger partial charge in [-0.15, -0.1) is 0 Å². The van der Waals surface area contributed by atoms with E-state index >= 15 is 0 Å². The number of halogens is 1. The molecule has 0 spiro atoms. The minimum absolute atomic E-state index is 0.343. The summed E-state index contributed by atoms with van der Waals surface area (Å²) in [6.07, 6.45) is 0. The third kappa shape index (κ3) is 2.44. The highest BCUT2D eigenvalue weighted by atomic mass is 79.9. The lowest BCUT2D eigenvalue weighted by molar-refractivity contribution is 0.00859. The first-order valence-electron chi connectivity index (χ1n) is 7.31. The largest absolute Gasteiger partial charge is 0.372 e. The molecule has 0 saturated carbocycles. The van der Waals surface area contributed by atoms with Gasteiger partial charge in [0.25, 0.3) is 0 Å². The third-order valence-corrected chi connectivity index (χ3v) is 5.04. The van der Waals surface area contributed by atoms with E-state index in [1.165, 1.54) is 13.1 Å². The van der Waals surface area contributed by atoms with Crippen molar-refractivity contribution in [3.63, 3.8) is 0 Å². The third-order valence-electron chi connectivity index (χ3n) is 4.25. The number of fused-ring (bicyclic) bond motifs is 3. The minimum atomic E-state index is 0.343. The number of piperazine rings is 3. The van der Waals surface area contributed by atoms with Gasteiger partial charge in [-0.05, 0) is 21.8 Å². The van der Waals surface area contributed by atoms with Crippen LogP contribution in [0.4, 0.5) is 5.82 Å². The van der Waals surface area contributed by atoms with E-state index in [-0.39, 0.29) is 0 Å². The summed E-state index contributed by atoms with van der Waals surface area (Å²) in [5.74, 6) is 2.25. The molecule has 1 N–H and O–H groups in total. The zero-order chi connectivity index (χ0) is 14.3. The number of nitrogens with one attached hydrogen (secondary N) is 1. The van der Waals surface area contributed by atoms with Crippen LogP contribution in [0.3, 0.4) is 0 Å². The van der Waals surface area contributed by atoms with E-state index in [0.29, 0.717) is 12.0 Å².